The largest absolute Gasteiger partial charge is 0.493 e. The Morgan fingerprint density at radius 3 is 2.58 bits per heavy atom. The van der Waals surface area contributed by atoms with Crippen molar-refractivity contribution in [1.82, 2.24) is 24.1 Å². The van der Waals surface area contributed by atoms with Crippen LogP contribution in [-0.4, -0.2) is 40.9 Å². The zero-order valence-corrected chi connectivity index (χ0v) is 30.0. The van der Waals surface area contributed by atoms with E-state index in [4.69, 9.17) is 26.5 Å². The Labute approximate surface area is 294 Å². The topological polar surface area (TPSA) is 90.3 Å². The normalized spacial score (nSPS) is 17.1. The van der Waals surface area contributed by atoms with Gasteiger partial charge in [-0.2, -0.15) is 10.2 Å². The Hall–Kier alpha value is -2.89. The van der Waals surface area contributed by atoms with E-state index in [2.05, 4.69) is 22.9 Å². The molecule has 2 aromatic carbocycles. The minimum absolute atomic E-state index is 0.509. The SMILES string of the molecule is Cn1nc2cc1CSc1cc3c(c(c1)OCCCc1c(C(O)O)n(C)c4c(c(Cl)ccc14)-c1c(nn4c1CCCC4)CSC2)CCCC3. The fourth-order valence-corrected chi connectivity index (χ4v) is 10.1. The van der Waals surface area contributed by atoms with Crippen LogP contribution in [0.25, 0.3) is 22.0 Å². The number of benzene rings is 2. The number of halogens is 1. The molecule has 8 nitrogen and oxygen atoms in total. The molecular formula is C37H42ClN5O3S2. The van der Waals surface area contributed by atoms with E-state index in [0.717, 1.165) is 107 Å². The lowest BCUT2D eigenvalue weighted by molar-refractivity contribution is -0.0481. The van der Waals surface area contributed by atoms with Crippen molar-refractivity contribution >= 4 is 46.0 Å². The number of nitrogens with zero attached hydrogens (tertiary/aromatic N) is 5. The number of hydrogen-bond acceptors (Lipinski definition) is 7. The van der Waals surface area contributed by atoms with Crippen LogP contribution in [0.1, 0.15) is 83.6 Å². The van der Waals surface area contributed by atoms with Gasteiger partial charge in [0.2, 0.25) is 0 Å². The molecule has 3 aromatic heterocycles. The standard InChI is InChI=1S/C37H42ClN5O3S2/c1-41-35-28-12-13-29(38)33(35)34-30(40-43-14-6-5-11-31(34)43)21-47-19-23-17-24(42(2)39-23)20-48-25-16-22-8-3-4-9-26(22)32(18-25)46-15-7-10-27(28)36(41)37(44)45/h12-13,16-18,37,44-45H,3-11,14-15,19-21H2,1-2H3. The fraction of sp³-hybridized carbons (Fsp3) is 0.459. The molecule has 2 N–H and O–H groups in total. The third-order valence-electron chi connectivity index (χ3n) is 10.2. The molecule has 11 heteroatoms. The van der Waals surface area contributed by atoms with Crippen LogP contribution < -0.4 is 4.74 Å². The van der Waals surface area contributed by atoms with E-state index in [1.165, 1.54) is 40.3 Å². The molecule has 8 bridgehead atoms. The molecule has 1 aliphatic carbocycles. The van der Waals surface area contributed by atoms with Crippen molar-refractivity contribution in [2.45, 2.75) is 92.8 Å². The van der Waals surface area contributed by atoms with Crippen molar-refractivity contribution in [1.29, 1.82) is 0 Å². The number of aromatic nitrogens is 5. The van der Waals surface area contributed by atoms with Gasteiger partial charge in [-0.25, -0.2) is 0 Å². The first-order chi connectivity index (χ1) is 23.4. The first kappa shape index (κ1) is 32.3. The van der Waals surface area contributed by atoms with E-state index in [1.807, 2.05) is 59.0 Å². The highest BCUT2D eigenvalue weighted by molar-refractivity contribution is 7.98. The Morgan fingerprint density at radius 2 is 1.71 bits per heavy atom. The quantitative estimate of drug-likeness (QED) is 0.173. The second-order valence-electron chi connectivity index (χ2n) is 13.3. The van der Waals surface area contributed by atoms with Gasteiger partial charge >= 0.3 is 0 Å². The van der Waals surface area contributed by atoms with Crippen molar-refractivity contribution in [3.05, 3.63) is 80.5 Å². The van der Waals surface area contributed by atoms with Gasteiger partial charge in [-0.15, -0.1) is 23.5 Å². The summed E-state index contributed by atoms with van der Waals surface area (Å²) in [6, 6.07) is 10.8. The van der Waals surface area contributed by atoms with Crippen molar-refractivity contribution in [3.8, 4) is 16.9 Å². The zero-order valence-electron chi connectivity index (χ0n) is 27.6. The Bertz CT molecular complexity index is 2010. The molecule has 0 saturated carbocycles. The van der Waals surface area contributed by atoms with E-state index in [-0.39, 0.29) is 0 Å². The van der Waals surface area contributed by atoms with Gasteiger partial charge in [0.25, 0.3) is 0 Å². The maximum absolute atomic E-state index is 10.7. The zero-order chi connectivity index (χ0) is 32.9. The molecule has 0 saturated heterocycles. The monoisotopic (exact) mass is 703 g/mol. The summed E-state index contributed by atoms with van der Waals surface area (Å²) in [4.78, 5) is 1.23. The highest BCUT2D eigenvalue weighted by Gasteiger charge is 2.29. The summed E-state index contributed by atoms with van der Waals surface area (Å²) in [5.74, 6) is 3.35. The summed E-state index contributed by atoms with van der Waals surface area (Å²) in [6.07, 6.45) is 7.48. The average molecular weight is 704 g/mol. The Morgan fingerprint density at radius 1 is 0.875 bits per heavy atom. The van der Waals surface area contributed by atoms with Crippen LogP contribution in [-0.2, 0) is 63.6 Å². The number of ether oxygens (including phenoxy) is 1. The predicted molar refractivity (Wildman–Crippen MR) is 194 cm³/mol. The number of aliphatic hydroxyl groups excluding tert-OH is 1. The number of hydrogen-bond donors (Lipinski definition) is 2. The van der Waals surface area contributed by atoms with Crippen molar-refractivity contribution < 1.29 is 14.9 Å². The highest BCUT2D eigenvalue weighted by atomic mass is 35.5. The molecule has 0 fully saturated rings. The number of rotatable bonds is 1. The third-order valence-corrected chi connectivity index (χ3v) is 12.5. The van der Waals surface area contributed by atoms with Gasteiger partial charge in [0.15, 0.2) is 6.29 Å². The molecule has 0 unspecified atom stereocenters. The van der Waals surface area contributed by atoms with Gasteiger partial charge in [0.1, 0.15) is 5.75 Å². The summed E-state index contributed by atoms with van der Waals surface area (Å²) >= 11 is 10.8. The third kappa shape index (κ3) is 5.87. The Kier molecular flexibility index (Phi) is 9.05. The second kappa shape index (κ2) is 13.4. The van der Waals surface area contributed by atoms with Gasteiger partial charge in [-0.1, -0.05) is 17.7 Å². The Balaban J connectivity index is 1.25. The van der Waals surface area contributed by atoms with Gasteiger partial charge in [-0.05, 0) is 98.7 Å². The van der Waals surface area contributed by atoms with Gasteiger partial charge in [-0.3, -0.25) is 9.36 Å². The number of aryl methyl sites for hydroxylation is 5. The molecule has 252 valence electrons. The molecule has 3 aliphatic rings. The van der Waals surface area contributed by atoms with Gasteiger partial charge in [0, 0.05) is 70.7 Å². The maximum Gasteiger partial charge on any atom is 0.194 e. The van der Waals surface area contributed by atoms with E-state index in [9.17, 15) is 10.2 Å². The second-order valence-corrected chi connectivity index (χ2v) is 15.8. The lowest BCUT2D eigenvalue weighted by atomic mass is 9.91. The molecule has 48 heavy (non-hydrogen) atoms. The average Bonchev–Trinajstić information content (AvgIpc) is 3.72. The minimum Gasteiger partial charge on any atom is -0.493 e. The molecule has 0 amide bonds. The molecule has 5 aromatic rings. The van der Waals surface area contributed by atoms with Crippen molar-refractivity contribution in [3.63, 3.8) is 0 Å². The molecule has 5 heterocycles. The van der Waals surface area contributed by atoms with Crippen LogP contribution >= 0.6 is 35.1 Å². The first-order valence-corrected chi connectivity index (χ1v) is 19.6. The number of thioether (sulfide) groups is 2. The molecule has 8 rings (SSSR count). The van der Waals surface area contributed by atoms with Crippen molar-refractivity contribution in [2.75, 3.05) is 6.61 Å². The lowest BCUT2D eigenvalue weighted by Gasteiger charge is -2.21. The van der Waals surface area contributed by atoms with Crippen LogP contribution in [0.4, 0.5) is 0 Å². The summed E-state index contributed by atoms with van der Waals surface area (Å²) in [5, 5.41) is 33.1. The van der Waals surface area contributed by atoms with Gasteiger partial charge in [0.05, 0.1) is 34.2 Å². The van der Waals surface area contributed by atoms with E-state index < -0.39 is 6.29 Å². The van der Waals surface area contributed by atoms with E-state index in [0.29, 0.717) is 23.7 Å². The van der Waals surface area contributed by atoms with Crippen LogP contribution in [0, 0.1) is 0 Å². The molecular weight excluding hydrogens is 662 g/mol. The summed E-state index contributed by atoms with van der Waals surface area (Å²) in [7, 11) is 3.97. The van der Waals surface area contributed by atoms with Crippen LogP contribution in [0.3, 0.4) is 0 Å². The number of aliphatic hydroxyl groups is 2. The van der Waals surface area contributed by atoms with E-state index in [1.54, 1.807) is 0 Å². The predicted octanol–water partition coefficient (Wildman–Crippen LogP) is 7.68. The summed E-state index contributed by atoms with van der Waals surface area (Å²) < 4.78 is 12.7. The molecule has 0 radical (unpaired) electrons. The lowest BCUT2D eigenvalue weighted by Crippen LogP contribution is -2.11. The molecule has 0 spiro atoms. The van der Waals surface area contributed by atoms with E-state index >= 15 is 0 Å². The smallest absolute Gasteiger partial charge is 0.194 e. The van der Waals surface area contributed by atoms with Crippen LogP contribution in [0.2, 0.25) is 5.02 Å². The number of fused-ring (bicyclic) bond motifs is 10. The van der Waals surface area contributed by atoms with Crippen LogP contribution in [0.15, 0.2) is 35.2 Å². The molecule has 0 atom stereocenters. The highest BCUT2D eigenvalue weighted by Crippen LogP contribution is 2.45. The first-order valence-electron chi connectivity index (χ1n) is 17.1. The maximum atomic E-state index is 10.7. The minimum atomic E-state index is -1.62. The summed E-state index contributed by atoms with van der Waals surface area (Å²) in [5.41, 5.74) is 11.7. The van der Waals surface area contributed by atoms with Crippen molar-refractivity contribution in [2.24, 2.45) is 14.1 Å². The molecule has 2 aliphatic heterocycles. The van der Waals surface area contributed by atoms with Gasteiger partial charge < -0.3 is 19.5 Å². The fourth-order valence-electron chi connectivity index (χ4n) is 8.01. The van der Waals surface area contributed by atoms with Crippen LogP contribution in [0.5, 0.6) is 5.75 Å². The summed E-state index contributed by atoms with van der Waals surface area (Å²) in [6.45, 7) is 1.44.